The number of hydrazine groups is 1. The molecule has 1 unspecified atom stereocenters. The Morgan fingerprint density at radius 1 is 1.62 bits per heavy atom. The van der Waals surface area contributed by atoms with Gasteiger partial charge in [-0.25, -0.2) is 0 Å². The van der Waals surface area contributed by atoms with Gasteiger partial charge in [0, 0.05) is 9.61 Å². The van der Waals surface area contributed by atoms with Gasteiger partial charge in [-0.1, -0.05) is 18.2 Å². The highest BCUT2D eigenvalue weighted by atomic mass is 127. The second-order valence-electron chi connectivity index (χ2n) is 2.80. The van der Waals surface area contributed by atoms with Gasteiger partial charge in [0.2, 0.25) is 0 Å². The first-order chi connectivity index (χ1) is 6.27. The fraction of sp³-hybridized carbons (Fsp3) is 0.200. The maximum absolute atomic E-state index is 5.44. The van der Waals surface area contributed by atoms with Crippen molar-refractivity contribution < 1.29 is 0 Å². The van der Waals surface area contributed by atoms with Crippen LogP contribution in [0.15, 0.2) is 36.9 Å². The molecule has 0 heterocycles. The highest BCUT2D eigenvalue weighted by Gasteiger charge is 2.06. The maximum Gasteiger partial charge on any atom is 0.0494 e. The van der Waals surface area contributed by atoms with E-state index in [9.17, 15) is 0 Å². The van der Waals surface area contributed by atoms with Gasteiger partial charge in [0.05, 0.1) is 0 Å². The van der Waals surface area contributed by atoms with Crippen molar-refractivity contribution in [2.75, 3.05) is 0 Å². The zero-order chi connectivity index (χ0) is 9.68. The zero-order valence-electron chi connectivity index (χ0n) is 7.33. The molecule has 13 heavy (non-hydrogen) atoms. The van der Waals surface area contributed by atoms with Crippen LogP contribution in [0.5, 0.6) is 0 Å². The van der Waals surface area contributed by atoms with E-state index in [4.69, 9.17) is 5.84 Å². The fourth-order valence-corrected chi connectivity index (χ4v) is 1.76. The molecule has 0 radical (unpaired) electrons. The SMILES string of the molecule is C=CCC(NN)c1cccc(I)c1. The van der Waals surface area contributed by atoms with E-state index in [1.54, 1.807) is 0 Å². The van der Waals surface area contributed by atoms with Crippen LogP contribution in [0.4, 0.5) is 0 Å². The van der Waals surface area contributed by atoms with Crippen molar-refractivity contribution in [1.29, 1.82) is 0 Å². The Hall–Kier alpha value is -0.390. The summed E-state index contributed by atoms with van der Waals surface area (Å²) >= 11 is 2.29. The highest BCUT2D eigenvalue weighted by molar-refractivity contribution is 14.1. The average molecular weight is 288 g/mol. The van der Waals surface area contributed by atoms with Crippen LogP contribution in [0.2, 0.25) is 0 Å². The molecule has 0 saturated carbocycles. The summed E-state index contributed by atoms with van der Waals surface area (Å²) in [5, 5.41) is 0. The normalized spacial score (nSPS) is 12.5. The maximum atomic E-state index is 5.44. The molecule has 1 atom stereocenters. The Morgan fingerprint density at radius 2 is 2.38 bits per heavy atom. The van der Waals surface area contributed by atoms with Crippen molar-refractivity contribution in [3.8, 4) is 0 Å². The zero-order valence-corrected chi connectivity index (χ0v) is 9.49. The Labute approximate surface area is 92.3 Å². The van der Waals surface area contributed by atoms with Crippen LogP contribution >= 0.6 is 22.6 Å². The number of hydrogen-bond acceptors (Lipinski definition) is 2. The molecule has 3 heteroatoms. The molecule has 0 aromatic heterocycles. The molecule has 70 valence electrons. The van der Waals surface area contributed by atoms with E-state index in [2.05, 4.69) is 52.8 Å². The van der Waals surface area contributed by atoms with Crippen molar-refractivity contribution in [1.82, 2.24) is 5.43 Å². The van der Waals surface area contributed by atoms with Crippen LogP contribution in [-0.2, 0) is 0 Å². The van der Waals surface area contributed by atoms with Crippen molar-refractivity contribution >= 4 is 22.6 Å². The highest BCUT2D eigenvalue weighted by Crippen LogP contribution is 2.18. The monoisotopic (exact) mass is 288 g/mol. The van der Waals surface area contributed by atoms with Gasteiger partial charge < -0.3 is 0 Å². The molecular formula is C10H13IN2. The molecule has 0 bridgehead atoms. The summed E-state index contributed by atoms with van der Waals surface area (Å²) in [6, 6.07) is 8.45. The minimum absolute atomic E-state index is 0.173. The summed E-state index contributed by atoms with van der Waals surface area (Å²) in [5.74, 6) is 5.44. The summed E-state index contributed by atoms with van der Waals surface area (Å²) < 4.78 is 1.22. The van der Waals surface area contributed by atoms with Gasteiger partial charge in [-0.2, -0.15) is 0 Å². The fourth-order valence-electron chi connectivity index (χ4n) is 1.19. The Balaban J connectivity index is 2.84. The van der Waals surface area contributed by atoms with Crippen molar-refractivity contribution in [2.45, 2.75) is 12.5 Å². The third-order valence-electron chi connectivity index (χ3n) is 1.85. The van der Waals surface area contributed by atoms with Crippen LogP contribution in [0.3, 0.4) is 0 Å². The lowest BCUT2D eigenvalue weighted by molar-refractivity contribution is 0.561. The van der Waals surface area contributed by atoms with E-state index in [1.165, 1.54) is 9.13 Å². The lowest BCUT2D eigenvalue weighted by Gasteiger charge is -2.14. The molecule has 0 aliphatic heterocycles. The van der Waals surface area contributed by atoms with Crippen LogP contribution in [0.1, 0.15) is 18.0 Å². The molecule has 0 spiro atoms. The largest absolute Gasteiger partial charge is 0.271 e. The predicted molar refractivity (Wildman–Crippen MR) is 64.0 cm³/mol. The first kappa shape index (κ1) is 10.7. The summed E-state index contributed by atoms with van der Waals surface area (Å²) in [7, 11) is 0. The quantitative estimate of drug-likeness (QED) is 0.386. The van der Waals surface area contributed by atoms with Gasteiger partial charge in [-0.3, -0.25) is 11.3 Å². The van der Waals surface area contributed by atoms with Crippen molar-refractivity contribution in [3.05, 3.63) is 46.1 Å². The number of rotatable bonds is 4. The van der Waals surface area contributed by atoms with Crippen molar-refractivity contribution in [3.63, 3.8) is 0 Å². The van der Waals surface area contributed by atoms with Crippen LogP contribution < -0.4 is 11.3 Å². The van der Waals surface area contributed by atoms with Crippen molar-refractivity contribution in [2.24, 2.45) is 5.84 Å². The summed E-state index contributed by atoms with van der Waals surface area (Å²) in [6.07, 6.45) is 2.71. The molecular weight excluding hydrogens is 275 g/mol. The van der Waals surface area contributed by atoms with Gasteiger partial charge in [-0.15, -0.1) is 6.58 Å². The Bertz CT molecular complexity index is 286. The first-order valence-corrected chi connectivity index (χ1v) is 5.18. The van der Waals surface area contributed by atoms with E-state index in [0.717, 1.165) is 6.42 Å². The van der Waals surface area contributed by atoms with Gasteiger partial charge in [0.25, 0.3) is 0 Å². The van der Waals surface area contributed by atoms with Gasteiger partial charge in [0.1, 0.15) is 0 Å². The Kier molecular flexibility index (Phi) is 4.41. The van der Waals surface area contributed by atoms with Crippen LogP contribution in [0.25, 0.3) is 0 Å². The third-order valence-corrected chi connectivity index (χ3v) is 2.53. The number of hydrogen-bond donors (Lipinski definition) is 2. The van der Waals surface area contributed by atoms with Gasteiger partial charge in [0.15, 0.2) is 0 Å². The molecule has 1 rings (SSSR count). The molecule has 0 fully saturated rings. The van der Waals surface area contributed by atoms with Gasteiger partial charge in [-0.05, 0) is 46.7 Å². The summed E-state index contributed by atoms with van der Waals surface area (Å²) in [6.45, 7) is 3.70. The summed E-state index contributed by atoms with van der Waals surface area (Å²) in [5.41, 5.74) is 3.97. The lowest BCUT2D eigenvalue weighted by Crippen LogP contribution is -2.27. The van der Waals surface area contributed by atoms with E-state index in [1.807, 2.05) is 12.1 Å². The topological polar surface area (TPSA) is 38.0 Å². The molecule has 1 aromatic carbocycles. The number of nitrogens with one attached hydrogen (secondary N) is 1. The molecule has 1 aromatic rings. The smallest absolute Gasteiger partial charge is 0.0494 e. The Morgan fingerprint density at radius 3 is 2.92 bits per heavy atom. The number of nitrogens with two attached hydrogens (primary N) is 1. The standard InChI is InChI=1S/C10H13IN2/c1-2-4-10(13-12)8-5-3-6-9(11)7-8/h2-3,5-7,10,13H,1,4,12H2. The molecule has 0 saturated heterocycles. The molecule has 0 amide bonds. The van der Waals surface area contributed by atoms with E-state index >= 15 is 0 Å². The van der Waals surface area contributed by atoms with E-state index in [-0.39, 0.29) is 6.04 Å². The summed E-state index contributed by atoms with van der Waals surface area (Å²) in [4.78, 5) is 0. The van der Waals surface area contributed by atoms with Crippen LogP contribution in [-0.4, -0.2) is 0 Å². The predicted octanol–water partition coefficient (Wildman–Crippen LogP) is 2.37. The van der Waals surface area contributed by atoms with E-state index < -0.39 is 0 Å². The number of benzene rings is 1. The third kappa shape index (κ3) is 3.10. The van der Waals surface area contributed by atoms with Gasteiger partial charge >= 0.3 is 0 Å². The molecule has 2 nitrogen and oxygen atoms in total. The lowest BCUT2D eigenvalue weighted by atomic mass is 10.1. The first-order valence-electron chi connectivity index (χ1n) is 4.10. The minimum Gasteiger partial charge on any atom is -0.271 e. The second-order valence-corrected chi connectivity index (χ2v) is 4.04. The molecule has 0 aliphatic carbocycles. The minimum atomic E-state index is 0.173. The molecule has 0 aliphatic rings. The van der Waals surface area contributed by atoms with Crippen LogP contribution in [0, 0.1) is 3.57 Å². The number of halogens is 1. The second kappa shape index (κ2) is 5.36. The molecule has 3 N–H and O–H groups in total. The average Bonchev–Trinajstić information content (AvgIpc) is 2.14. The van der Waals surface area contributed by atoms with E-state index in [0.29, 0.717) is 0 Å².